The first-order valence-electron chi connectivity index (χ1n) is 6.07. The Morgan fingerprint density at radius 3 is 2.63 bits per heavy atom. The van der Waals surface area contributed by atoms with Crippen LogP contribution >= 0.6 is 15.9 Å². The third-order valence-electron chi connectivity index (χ3n) is 3.09. The van der Waals surface area contributed by atoms with Crippen molar-refractivity contribution in [3.63, 3.8) is 0 Å². The van der Waals surface area contributed by atoms with E-state index >= 15 is 0 Å². The van der Waals surface area contributed by atoms with Crippen molar-refractivity contribution in [2.45, 2.75) is 25.3 Å². The second-order valence-electron chi connectivity index (χ2n) is 4.59. The summed E-state index contributed by atoms with van der Waals surface area (Å²) < 4.78 is 0.777. The number of carboxylic acid groups (broad SMARTS) is 1. The number of carbonyl (C=O) groups is 2. The lowest BCUT2D eigenvalue weighted by Crippen LogP contribution is -2.30. The van der Waals surface area contributed by atoms with Crippen LogP contribution in [0.2, 0.25) is 0 Å². The maximum absolute atomic E-state index is 11.5. The Morgan fingerprint density at radius 1 is 1.42 bits per heavy atom. The van der Waals surface area contributed by atoms with E-state index in [1.165, 1.54) is 0 Å². The van der Waals surface area contributed by atoms with Crippen molar-refractivity contribution < 1.29 is 14.7 Å². The summed E-state index contributed by atoms with van der Waals surface area (Å²) in [5.41, 5.74) is 6.54. The van der Waals surface area contributed by atoms with Gasteiger partial charge in [-0.3, -0.25) is 9.59 Å². The summed E-state index contributed by atoms with van der Waals surface area (Å²) >= 11 is 3.31. The van der Waals surface area contributed by atoms with E-state index in [9.17, 15) is 9.59 Å². The number of hydrogen-bond donors (Lipinski definition) is 2. The Hall–Kier alpha value is -1.56. The third kappa shape index (κ3) is 3.47. The van der Waals surface area contributed by atoms with Crippen LogP contribution in [-0.4, -0.2) is 29.6 Å². The number of hydrogen-bond acceptors (Lipinski definition) is 3. The fraction of sp³-hybridized carbons (Fsp3) is 0.385. The number of carbonyl (C=O) groups excluding carboxylic acids is 1. The summed E-state index contributed by atoms with van der Waals surface area (Å²) in [5.74, 6) is -1.35. The predicted molar refractivity (Wildman–Crippen MR) is 75.3 cm³/mol. The van der Waals surface area contributed by atoms with Gasteiger partial charge < -0.3 is 15.7 Å². The van der Waals surface area contributed by atoms with Crippen LogP contribution in [0.5, 0.6) is 0 Å². The number of nitrogens with two attached hydrogens (primary N) is 1. The molecule has 0 bridgehead atoms. The minimum Gasteiger partial charge on any atom is -0.481 e. The fourth-order valence-corrected chi connectivity index (χ4v) is 2.42. The maximum Gasteiger partial charge on any atom is 0.305 e. The molecule has 102 valence electrons. The third-order valence-corrected chi connectivity index (χ3v) is 3.58. The molecule has 0 aromatic heterocycles. The minimum absolute atomic E-state index is 0.0464. The van der Waals surface area contributed by atoms with Gasteiger partial charge in [-0.1, -0.05) is 15.9 Å². The molecule has 0 aliphatic heterocycles. The van der Waals surface area contributed by atoms with Gasteiger partial charge in [-0.2, -0.15) is 0 Å². The average molecular weight is 327 g/mol. The number of primary amides is 1. The second kappa shape index (κ2) is 5.61. The summed E-state index contributed by atoms with van der Waals surface area (Å²) in [6.45, 7) is 0.391. The van der Waals surface area contributed by atoms with Crippen molar-refractivity contribution >= 4 is 33.5 Å². The Kier molecular flexibility index (Phi) is 4.09. The van der Waals surface area contributed by atoms with Crippen LogP contribution in [0.1, 0.15) is 29.6 Å². The van der Waals surface area contributed by atoms with Gasteiger partial charge in [0.05, 0.1) is 12.0 Å². The molecule has 1 aromatic rings. The number of nitrogens with zero attached hydrogens (tertiary/aromatic N) is 1. The van der Waals surface area contributed by atoms with Crippen molar-refractivity contribution in [2.75, 3.05) is 11.4 Å². The van der Waals surface area contributed by atoms with Gasteiger partial charge in [0, 0.05) is 22.7 Å². The number of carboxylic acids is 1. The summed E-state index contributed by atoms with van der Waals surface area (Å²) in [6, 6.07) is 5.63. The van der Waals surface area contributed by atoms with Crippen LogP contribution in [0.25, 0.3) is 0 Å². The normalized spacial score (nSPS) is 14.2. The first-order valence-corrected chi connectivity index (χ1v) is 6.86. The van der Waals surface area contributed by atoms with Crippen LogP contribution in [0.4, 0.5) is 5.69 Å². The van der Waals surface area contributed by atoms with Gasteiger partial charge >= 0.3 is 5.97 Å². The van der Waals surface area contributed by atoms with Crippen molar-refractivity contribution in [3.8, 4) is 0 Å². The molecule has 6 heteroatoms. The van der Waals surface area contributed by atoms with Crippen molar-refractivity contribution in [3.05, 3.63) is 28.2 Å². The molecule has 5 nitrogen and oxygen atoms in total. The maximum atomic E-state index is 11.5. The highest BCUT2D eigenvalue weighted by Crippen LogP contribution is 2.34. The van der Waals surface area contributed by atoms with E-state index in [4.69, 9.17) is 10.8 Å². The molecule has 1 amide bonds. The molecule has 1 aliphatic carbocycles. The molecule has 0 heterocycles. The van der Waals surface area contributed by atoms with Crippen molar-refractivity contribution in [1.29, 1.82) is 0 Å². The highest BCUT2D eigenvalue weighted by Gasteiger charge is 2.31. The molecule has 0 unspecified atom stereocenters. The second-order valence-corrected chi connectivity index (χ2v) is 5.51. The van der Waals surface area contributed by atoms with E-state index in [1.54, 1.807) is 6.07 Å². The molecule has 1 aliphatic rings. The number of halogens is 1. The summed E-state index contributed by atoms with van der Waals surface area (Å²) in [7, 11) is 0. The largest absolute Gasteiger partial charge is 0.481 e. The summed E-state index contributed by atoms with van der Waals surface area (Å²) in [4.78, 5) is 24.2. The Morgan fingerprint density at radius 2 is 2.11 bits per heavy atom. The van der Waals surface area contributed by atoms with Crippen molar-refractivity contribution in [2.24, 2.45) is 5.73 Å². The van der Waals surface area contributed by atoms with E-state index < -0.39 is 11.9 Å². The quantitative estimate of drug-likeness (QED) is 0.837. The lowest BCUT2D eigenvalue weighted by atomic mass is 10.1. The van der Waals surface area contributed by atoms with Crippen LogP contribution in [0.15, 0.2) is 22.7 Å². The first-order chi connectivity index (χ1) is 8.99. The lowest BCUT2D eigenvalue weighted by Gasteiger charge is -2.26. The topological polar surface area (TPSA) is 83.6 Å². The van der Waals surface area contributed by atoms with Crippen LogP contribution in [0.3, 0.4) is 0 Å². The van der Waals surface area contributed by atoms with Crippen LogP contribution in [0, 0.1) is 0 Å². The minimum atomic E-state index is -0.844. The number of anilines is 1. The molecule has 0 spiro atoms. The smallest absolute Gasteiger partial charge is 0.305 e. The highest BCUT2D eigenvalue weighted by molar-refractivity contribution is 9.10. The number of aliphatic carboxylic acids is 1. The van der Waals surface area contributed by atoms with Gasteiger partial charge in [0.1, 0.15) is 0 Å². The van der Waals surface area contributed by atoms with E-state index in [1.807, 2.05) is 17.0 Å². The summed E-state index contributed by atoms with van der Waals surface area (Å²) in [5, 5.41) is 8.81. The highest BCUT2D eigenvalue weighted by atomic mass is 79.9. The van der Waals surface area contributed by atoms with Gasteiger partial charge in [0.15, 0.2) is 0 Å². The molecule has 3 N–H and O–H groups in total. The lowest BCUT2D eigenvalue weighted by molar-refractivity contribution is -0.136. The number of benzene rings is 1. The molecule has 1 fully saturated rings. The number of amides is 1. The predicted octanol–water partition coefficient (Wildman–Crippen LogP) is 1.99. The monoisotopic (exact) mass is 326 g/mol. The first kappa shape index (κ1) is 13.9. The zero-order valence-electron chi connectivity index (χ0n) is 10.3. The molecule has 0 saturated heterocycles. The van der Waals surface area contributed by atoms with Crippen LogP contribution < -0.4 is 10.6 Å². The SMILES string of the molecule is NC(=O)c1cc(Br)ccc1N(CCC(=O)O)C1CC1. The van der Waals surface area contributed by atoms with Crippen LogP contribution in [-0.2, 0) is 4.79 Å². The zero-order chi connectivity index (χ0) is 14.0. The molecular formula is C13H15BrN2O3. The molecule has 0 atom stereocenters. The molecular weight excluding hydrogens is 312 g/mol. The van der Waals surface area contributed by atoms with E-state index in [2.05, 4.69) is 15.9 Å². The molecule has 1 aromatic carbocycles. The Labute approximate surface area is 119 Å². The number of rotatable bonds is 6. The van der Waals surface area contributed by atoms with Gasteiger partial charge in [0.25, 0.3) is 5.91 Å². The summed E-state index contributed by atoms with van der Waals surface area (Å²) in [6.07, 6.45) is 2.09. The fourth-order valence-electron chi connectivity index (χ4n) is 2.06. The molecule has 2 rings (SSSR count). The Bertz CT molecular complexity index is 515. The average Bonchev–Trinajstić information content (AvgIpc) is 3.14. The van der Waals surface area contributed by atoms with E-state index in [0.29, 0.717) is 18.2 Å². The van der Waals surface area contributed by atoms with E-state index in [0.717, 1.165) is 23.0 Å². The molecule has 0 radical (unpaired) electrons. The Balaban J connectivity index is 2.30. The van der Waals surface area contributed by atoms with Gasteiger partial charge in [-0.05, 0) is 31.0 Å². The molecule has 19 heavy (non-hydrogen) atoms. The van der Waals surface area contributed by atoms with Gasteiger partial charge in [0.2, 0.25) is 0 Å². The molecule has 1 saturated carbocycles. The zero-order valence-corrected chi connectivity index (χ0v) is 11.9. The van der Waals surface area contributed by atoms with Gasteiger partial charge in [-0.15, -0.1) is 0 Å². The van der Waals surface area contributed by atoms with Crippen molar-refractivity contribution in [1.82, 2.24) is 0 Å². The van der Waals surface area contributed by atoms with Gasteiger partial charge in [-0.25, -0.2) is 0 Å². The van der Waals surface area contributed by atoms with E-state index in [-0.39, 0.29) is 6.42 Å². The standard InChI is InChI=1S/C13H15BrN2O3/c14-8-1-4-11(10(7-8)13(15)19)16(9-2-3-9)6-5-12(17)18/h1,4,7,9H,2-3,5-6H2,(H2,15,19)(H,17,18).